The van der Waals surface area contributed by atoms with Gasteiger partial charge >= 0.3 is 0 Å². The Morgan fingerprint density at radius 3 is 2.13 bits per heavy atom. The summed E-state index contributed by atoms with van der Waals surface area (Å²) in [7, 11) is 1.67. The molecule has 0 aliphatic heterocycles. The summed E-state index contributed by atoms with van der Waals surface area (Å²) in [5.41, 5.74) is 3.81. The average Bonchev–Trinajstić information content (AvgIpc) is 2.15. The van der Waals surface area contributed by atoms with Gasteiger partial charge in [-0.2, -0.15) is 0 Å². The number of rotatable bonds is 3. The molecular formula is C13H21NO. The van der Waals surface area contributed by atoms with Crippen LogP contribution in [0.5, 0.6) is 5.88 Å². The molecular weight excluding hydrogens is 186 g/mol. The van der Waals surface area contributed by atoms with E-state index in [9.17, 15) is 0 Å². The normalized spacial score (nSPS) is 11.2. The predicted octanol–water partition coefficient (Wildman–Crippen LogP) is 3.65. The van der Waals surface area contributed by atoms with Crippen LogP contribution in [0.25, 0.3) is 0 Å². The molecule has 0 saturated heterocycles. The van der Waals surface area contributed by atoms with Crippen LogP contribution in [0.15, 0.2) is 6.07 Å². The number of aryl methyl sites for hydroxylation is 1. The lowest BCUT2D eigenvalue weighted by Gasteiger charge is -2.18. The first-order valence-corrected chi connectivity index (χ1v) is 5.52. The number of pyridine rings is 1. The van der Waals surface area contributed by atoms with Crippen molar-refractivity contribution in [1.29, 1.82) is 0 Å². The molecule has 1 aromatic rings. The van der Waals surface area contributed by atoms with E-state index in [1.165, 1.54) is 16.8 Å². The maximum Gasteiger partial charge on any atom is 0.213 e. The van der Waals surface area contributed by atoms with Crippen molar-refractivity contribution in [3.8, 4) is 5.88 Å². The van der Waals surface area contributed by atoms with Crippen LogP contribution in [0.1, 0.15) is 56.4 Å². The minimum Gasteiger partial charge on any atom is -0.481 e. The lowest BCUT2D eigenvalue weighted by molar-refractivity contribution is 0.394. The third-order valence-electron chi connectivity index (χ3n) is 2.60. The summed E-state index contributed by atoms with van der Waals surface area (Å²) in [5, 5.41) is 0. The zero-order valence-corrected chi connectivity index (χ0v) is 10.6. The predicted molar refractivity (Wildman–Crippen MR) is 63.7 cm³/mol. The van der Waals surface area contributed by atoms with E-state index < -0.39 is 0 Å². The van der Waals surface area contributed by atoms with Crippen molar-refractivity contribution >= 4 is 0 Å². The van der Waals surface area contributed by atoms with Crippen molar-refractivity contribution in [3.05, 3.63) is 22.9 Å². The fraction of sp³-hybridized carbons (Fsp3) is 0.615. The van der Waals surface area contributed by atoms with E-state index in [-0.39, 0.29) is 0 Å². The molecule has 0 aliphatic rings. The lowest BCUT2D eigenvalue weighted by Crippen LogP contribution is -2.06. The first-order chi connectivity index (χ1) is 6.97. The van der Waals surface area contributed by atoms with E-state index in [0.717, 1.165) is 5.88 Å². The van der Waals surface area contributed by atoms with Gasteiger partial charge < -0.3 is 4.74 Å². The van der Waals surface area contributed by atoms with Crippen molar-refractivity contribution < 1.29 is 4.74 Å². The fourth-order valence-electron chi connectivity index (χ4n) is 1.97. The molecule has 84 valence electrons. The first kappa shape index (κ1) is 12.0. The quantitative estimate of drug-likeness (QED) is 0.754. The monoisotopic (exact) mass is 207 g/mol. The Kier molecular flexibility index (Phi) is 3.72. The smallest absolute Gasteiger partial charge is 0.213 e. The highest BCUT2D eigenvalue weighted by Gasteiger charge is 2.15. The van der Waals surface area contributed by atoms with E-state index in [1.54, 1.807) is 7.11 Å². The van der Waals surface area contributed by atoms with Gasteiger partial charge in [0.1, 0.15) is 0 Å². The van der Waals surface area contributed by atoms with Gasteiger partial charge in [0, 0.05) is 6.07 Å². The molecule has 1 heterocycles. The molecule has 0 aromatic carbocycles. The zero-order valence-electron chi connectivity index (χ0n) is 10.6. The largest absolute Gasteiger partial charge is 0.481 e. The standard InChI is InChI=1S/C13H21NO/c1-8(2)12-10(5)7-11(15-6)14-13(12)9(3)4/h7-9H,1-6H3. The van der Waals surface area contributed by atoms with Gasteiger partial charge in [-0.25, -0.2) is 4.98 Å². The van der Waals surface area contributed by atoms with E-state index in [1.807, 2.05) is 6.07 Å². The van der Waals surface area contributed by atoms with Crippen LogP contribution in [0.2, 0.25) is 0 Å². The van der Waals surface area contributed by atoms with Crippen LogP contribution in [0.3, 0.4) is 0 Å². The number of nitrogens with zero attached hydrogens (tertiary/aromatic N) is 1. The van der Waals surface area contributed by atoms with Gasteiger partial charge in [0.25, 0.3) is 0 Å². The van der Waals surface area contributed by atoms with Crippen molar-refractivity contribution in [2.75, 3.05) is 7.11 Å². The second-order valence-corrected chi connectivity index (χ2v) is 4.59. The first-order valence-electron chi connectivity index (χ1n) is 5.52. The molecule has 0 atom stereocenters. The molecule has 1 aromatic heterocycles. The van der Waals surface area contributed by atoms with Crippen LogP contribution in [0, 0.1) is 6.92 Å². The van der Waals surface area contributed by atoms with E-state index in [2.05, 4.69) is 39.6 Å². The van der Waals surface area contributed by atoms with Crippen molar-refractivity contribution in [3.63, 3.8) is 0 Å². The molecule has 0 bridgehead atoms. The summed E-state index contributed by atoms with van der Waals surface area (Å²) < 4.78 is 5.21. The molecule has 15 heavy (non-hydrogen) atoms. The summed E-state index contributed by atoms with van der Waals surface area (Å²) in [6, 6.07) is 2.02. The maximum atomic E-state index is 5.21. The van der Waals surface area contributed by atoms with E-state index in [0.29, 0.717) is 11.8 Å². The topological polar surface area (TPSA) is 22.1 Å². The Labute approximate surface area is 92.7 Å². The van der Waals surface area contributed by atoms with Gasteiger partial charge in [-0.15, -0.1) is 0 Å². The third-order valence-corrected chi connectivity index (χ3v) is 2.60. The van der Waals surface area contributed by atoms with E-state index >= 15 is 0 Å². The molecule has 0 fully saturated rings. The summed E-state index contributed by atoms with van der Waals surface area (Å²) >= 11 is 0. The van der Waals surface area contributed by atoms with Crippen molar-refractivity contribution in [2.24, 2.45) is 0 Å². The van der Waals surface area contributed by atoms with Gasteiger partial charge in [0.15, 0.2) is 0 Å². The highest BCUT2D eigenvalue weighted by molar-refractivity contribution is 5.37. The van der Waals surface area contributed by atoms with Crippen LogP contribution >= 0.6 is 0 Å². The Bertz CT molecular complexity index is 343. The summed E-state index contributed by atoms with van der Waals surface area (Å²) in [5.74, 6) is 1.68. The Hall–Kier alpha value is -1.05. The Morgan fingerprint density at radius 2 is 1.73 bits per heavy atom. The summed E-state index contributed by atoms with van der Waals surface area (Å²) in [6.45, 7) is 10.9. The third kappa shape index (κ3) is 2.49. The number of hydrogen-bond acceptors (Lipinski definition) is 2. The lowest BCUT2D eigenvalue weighted by atomic mass is 9.92. The van der Waals surface area contributed by atoms with Crippen molar-refractivity contribution in [1.82, 2.24) is 4.98 Å². The minimum atomic E-state index is 0.441. The molecule has 0 saturated carbocycles. The molecule has 2 nitrogen and oxygen atoms in total. The molecule has 0 unspecified atom stereocenters. The van der Waals surface area contributed by atoms with Crippen LogP contribution in [-0.4, -0.2) is 12.1 Å². The van der Waals surface area contributed by atoms with Gasteiger partial charge in [-0.05, 0) is 29.9 Å². The average molecular weight is 207 g/mol. The highest BCUT2D eigenvalue weighted by atomic mass is 16.5. The molecule has 0 N–H and O–H groups in total. The Morgan fingerprint density at radius 1 is 1.13 bits per heavy atom. The number of aromatic nitrogens is 1. The van der Waals surface area contributed by atoms with Gasteiger partial charge in [0.2, 0.25) is 5.88 Å². The van der Waals surface area contributed by atoms with Gasteiger partial charge in [-0.1, -0.05) is 27.7 Å². The molecule has 0 aliphatic carbocycles. The van der Waals surface area contributed by atoms with Crippen LogP contribution in [-0.2, 0) is 0 Å². The SMILES string of the molecule is COc1cc(C)c(C(C)C)c(C(C)C)n1. The number of hydrogen-bond donors (Lipinski definition) is 0. The zero-order chi connectivity index (χ0) is 11.6. The van der Waals surface area contributed by atoms with Crippen LogP contribution < -0.4 is 4.74 Å². The molecule has 0 radical (unpaired) electrons. The molecule has 0 spiro atoms. The van der Waals surface area contributed by atoms with Crippen molar-refractivity contribution in [2.45, 2.75) is 46.5 Å². The molecule has 2 heteroatoms. The number of methoxy groups -OCH3 is 1. The summed E-state index contributed by atoms with van der Waals surface area (Å²) in [6.07, 6.45) is 0. The summed E-state index contributed by atoms with van der Waals surface area (Å²) in [4.78, 5) is 4.55. The van der Waals surface area contributed by atoms with E-state index in [4.69, 9.17) is 4.74 Å². The second kappa shape index (κ2) is 4.65. The highest BCUT2D eigenvalue weighted by Crippen LogP contribution is 2.29. The molecule has 0 amide bonds. The molecule has 1 rings (SSSR count). The second-order valence-electron chi connectivity index (χ2n) is 4.59. The maximum absolute atomic E-state index is 5.21. The van der Waals surface area contributed by atoms with Crippen LogP contribution in [0.4, 0.5) is 0 Å². The van der Waals surface area contributed by atoms with Gasteiger partial charge in [0.05, 0.1) is 12.8 Å². The fourth-order valence-corrected chi connectivity index (χ4v) is 1.97. The minimum absolute atomic E-state index is 0.441. The Balaban J connectivity index is 3.36. The number of ether oxygens (including phenoxy) is 1. The van der Waals surface area contributed by atoms with Gasteiger partial charge in [-0.3, -0.25) is 0 Å².